The molecule has 1 saturated heterocycles. The van der Waals surface area contributed by atoms with E-state index in [1.165, 1.54) is 0 Å². The zero-order valence-corrected chi connectivity index (χ0v) is 9.88. The molecule has 0 radical (unpaired) electrons. The lowest BCUT2D eigenvalue weighted by Gasteiger charge is -2.32. The summed E-state index contributed by atoms with van der Waals surface area (Å²) in [6, 6.07) is 8.99. The second kappa shape index (κ2) is 5.29. The summed E-state index contributed by atoms with van der Waals surface area (Å²) in [5.74, 6) is -0.0219. The Bertz CT molecular complexity index is 380. The van der Waals surface area contributed by atoms with Crippen LogP contribution in [0.15, 0.2) is 30.3 Å². The summed E-state index contributed by atoms with van der Waals surface area (Å²) >= 11 is 0. The van der Waals surface area contributed by atoms with Gasteiger partial charge < -0.3 is 16.4 Å². The summed E-state index contributed by atoms with van der Waals surface area (Å²) in [7, 11) is 0. The topological polar surface area (TPSA) is 72.3 Å². The minimum Gasteiger partial charge on any atom is -0.339 e. The van der Waals surface area contributed by atoms with Crippen LogP contribution in [0.1, 0.15) is 24.4 Å². The van der Waals surface area contributed by atoms with Crippen molar-refractivity contribution in [2.45, 2.75) is 24.9 Å². The molecule has 1 heterocycles. The van der Waals surface area contributed by atoms with Crippen molar-refractivity contribution in [1.29, 1.82) is 0 Å². The van der Waals surface area contributed by atoms with E-state index in [4.69, 9.17) is 11.5 Å². The zero-order chi connectivity index (χ0) is 12.3. The van der Waals surface area contributed by atoms with Gasteiger partial charge in [0.05, 0.1) is 0 Å². The summed E-state index contributed by atoms with van der Waals surface area (Å²) in [6.45, 7) is 1.40. The molecule has 0 aromatic heterocycles. The van der Waals surface area contributed by atoms with E-state index in [1.807, 2.05) is 30.3 Å². The van der Waals surface area contributed by atoms with Crippen molar-refractivity contribution in [3.63, 3.8) is 0 Å². The van der Waals surface area contributed by atoms with E-state index in [0.717, 1.165) is 24.9 Å². The average Bonchev–Trinajstić information content (AvgIpc) is 2.38. The highest BCUT2D eigenvalue weighted by molar-refractivity contribution is 5.83. The summed E-state index contributed by atoms with van der Waals surface area (Å²) in [5.41, 5.74) is 12.7. The minimum absolute atomic E-state index is 0.0219. The van der Waals surface area contributed by atoms with Crippen molar-refractivity contribution in [2.75, 3.05) is 13.1 Å². The molecule has 2 rings (SSSR count). The van der Waals surface area contributed by atoms with Gasteiger partial charge in [0, 0.05) is 19.1 Å². The lowest BCUT2D eigenvalue weighted by atomic mass is 10.0. The van der Waals surface area contributed by atoms with Gasteiger partial charge in [0.25, 0.3) is 0 Å². The first-order valence-corrected chi connectivity index (χ1v) is 6.03. The van der Waals surface area contributed by atoms with Crippen molar-refractivity contribution in [3.05, 3.63) is 35.9 Å². The Balaban J connectivity index is 2.04. The summed E-state index contributed by atoms with van der Waals surface area (Å²) in [5, 5.41) is 0. The van der Waals surface area contributed by atoms with Gasteiger partial charge in [0.15, 0.2) is 0 Å². The molecule has 1 aromatic carbocycles. The third-order valence-electron chi connectivity index (χ3n) is 3.19. The Morgan fingerprint density at radius 1 is 1.35 bits per heavy atom. The molecule has 1 amide bonds. The van der Waals surface area contributed by atoms with Crippen LogP contribution < -0.4 is 11.5 Å². The molecule has 0 bridgehead atoms. The summed E-state index contributed by atoms with van der Waals surface area (Å²) < 4.78 is 0. The first kappa shape index (κ1) is 12.1. The van der Waals surface area contributed by atoms with Gasteiger partial charge in [-0.1, -0.05) is 30.3 Å². The zero-order valence-electron chi connectivity index (χ0n) is 9.88. The normalized spacial score (nSPS) is 22.2. The maximum Gasteiger partial charge on any atom is 0.244 e. The van der Waals surface area contributed by atoms with Gasteiger partial charge in [-0.25, -0.2) is 0 Å². The largest absolute Gasteiger partial charge is 0.339 e. The molecule has 1 fully saturated rings. The smallest absolute Gasteiger partial charge is 0.244 e. The van der Waals surface area contributed by atoms with Crippen LogP contribution in [0, 0.1) is 0 Å². The summed E-state index contributed by atoms with van der Waals surface area (Å²) in [4.78, 5) is 14.0. The maximum absolute atomic E-state index is 12.2. The van der Waals surface area contributed by atoms with Crippen LogP contribution in [-0.2, 0) is 4.79 Å². The van der Waals surface area contributed by atoms with E-state index in [0.29, 0.717) is 6.54 Å². The molecule has 17 heavy (non-hydrogen) atoms. The van der Waals surface area contributed by atoms with Gasteiger partial charge in [-0.2, -0.15) is 0 Å². The third kappa shape index (κ3) is 2.84. The van der Waals surface area contributed by atoms with Crippen molar-refractivity contribution < 1.29 is 4.79 Å². The number of benzene rings is 1. The van der Waals surface area contributed by atoms with Crippen molar-refractivity contribution in [3.8, 4) is 0 Å². The number of piperidine rings is 1. The fourth-order valence-corrected chi connectivity index (χ4v) is 2.21. The molecular formula is C13H19N3O. The van der Waals surface area contributed by atoms with Gasteiger partial charge >= 0.3 is 0 Å². The Morgan fingerprint density at radius 3 is 2.71 bits per heavy atom. The highest BCUT2D eigenvalue weighted by Gasteiger charge is 2.26. The SMILES string of the molecule is NC1CCCN(C(=O)C(N)c2ccccc2)C1. The number of hydrogen-bond donors (Lipinski definition) is 2. The Kier molecular flexibility index (Phi) is 3.76. The quantitative estimate of drug-likeness (QED) is 0.787. The van der Waals surface area contributed by atoms with Crippen molar-refractivity contribution in [2.24, 2.45) is 11.5 Å². The van der Waals surface area contributed by atoms with Crippen molar-refractivity contribution >= 4 is 5.91 Å². The number of nitrogens with zero attached hydrogens (tertiary/aromatic N) is 1. The molecule has 4 heteroatoms. The molecule has 2 unspecified atom stereocenters. The third-order valence-corrected chi connectivity index (χ3v) is 3.19. The lowest BCUT2D eigenvalue weighted by molar-refractivity contribution is -0.133. The van der Waals surface area contributed by atoms with Crippen LogP contribution in [0.25, 0.3) is 0 Å². The van der Waals surface area contributed by atoms with Crippen LogP contribution in [0.4, 0.5) is 0 Å². The van der Waals surface area contributed by atoms with E-state index in [1.54, 1.807) is 4.90 Å². The summed E-state index contributed by atoms with van der Waals surface area (Å²) in [6.07, 6.45) is 1.96. The fraction of sp³-hybridized carbons (Fsp3) is 0.462. The fourth-order valence-electron chi connectivity index (χ4n) is 2.21. The molecule has 1 aromatic rings. The Morgan fingerprint density at radius 2 is 2.06 bits per heavy atom. The Hall–Kier alpha value is -1.39. The highest BCUT2D eigenvalue weighted by atomic mass is 16.2. The lowest BCUT2D eigenvalue weighted by Crippen LogP contribution is -2.48. The van der Waals surface area contributed by atoms with Gasteiger partial charge in [0.2, 0.25) is 5.91 Å². The monoisotopic (exact) mass is 233 g/mol. The van der Waals surface area contributed by atoms with Crippen molar-refractivity contribution in [1.82, 2.24) is 4.90 Å². The van der Waals surface area contributed by atoms with E-state index >= 15 is 0 Å². The number of carbonyl (C=O) groups excluding carboxylic acids is 1. The number of carbonyl (C=O) groups is 1. The molecule has 1 aliphatic heterocycles. The molecule has 4 N–H and O–H groups in total. The van der Waals surface area contributed by atoms with Crippen LogP contribution in [0.3, 0.4) is 0 Å². The van der Waals surface area contributed by atoms with Crippen LogP contribution in [-0.4, -0.2) is 29.9 Å². The van der Waals surface area contributed by atoms with E-state index in [9.17, 15) is 4.79 Å². The second-order valence-corrected chi connectivity index (χ2v) is 4.57. The highest BCUT2D eigenvalue weighted by Crippen LogP contribution is 2.16. The molecular weight excluding hydrogens is 214 g/mol. The van der Waals surface area contributed by atoms with Crippen LogP contribution >= 0.6 is 0 Å². The first-order valence-electron chi connectivity index (χ1n) is 6.03. The van der Waals surface area contributed by atoms with E-state index in [2.05, 4.69) is 0 Å². The molecule has 92 valence electrons. The van der Waals surface area contributed by atoms with Gasteiger partial charge in [-0.3, -0.25) is 4.79 Å². The molecule has 4 nitrogen and oxygen atoms in total. The number of amides is 1. The molecule has 0 saturated carbocycles. The van der Waals surface area contributed by atoms with E-state index < -0.39 is 6.04 Å². The minimum atomic E-state index is -0.568. The van der Waals surface area contributed by atoms with E-state index in [-0.39, 0.29) is 11.9 Å². The average molecular weight is 233 g/mol. The predicted octanol–water partition coefficient (Wildman–Crippen LogP) is 0.636. The number of likely N-dealkylation sites (tertiary alicyclic amines) is 1. The van der Waals surface area contributed by atoms with Gasteiger partial charge in [0.1, 0.15) is 6.04 Å². The maximum atomic E-state index is 12.2. The second-order valence-electron chi connectivity index (χ2n) is 4.57. The standard InChI is InChI=1S/C13H19N3O/c14-11-7-4-8-16(9-11)13(17)12(15)10-5-2-1-3-6-10/h1-3,5-6,11-12H,4,7-9,14-15H2. The molecule has 1 aliphatic rings. The van der Waals surface area contributed by atoms with Gasteiger partial charge in [-0.05, 0) is 18.4 Å². The molecule has 0 spiro atoms. The number of hydrogen-bond acceptors (Lipinski definition) is 3. The first-order chi connectivity index (χ1) is 8.18. The van der Waals surface area contributed by atoms with Gasteiger partial charge in [-0.15, -0.1) is 0 Å². The Labute approximate surface area is 102 Å². The number of rotatable bonds is 2. The molecule has 0 aliphatic carbocycles. The van der Waals surface area contributed by atoms with Crippen LogP contribution in [0.5, 0.6) is 0 Å². The molecule has 2 atom stereocenters. The van der Waals surface area contributed by atoms with Crippen LogP contribution in [0.2, 0.25) is 0 Å². The number of nitrogens with two attached hydrogens (primary N) is 2. The predicted molar refractivity (Wildman–Crippen MR) is 67.2 cm³/mol.